The Hall–Kier alpha value is -0.0300. The summed E-state index contributed by atoms with van der Waals surface area (Å²) in [6.45, 7) is 4.66. The van der Waals surface area contributed by atoms with E-state index in [4.69, 9.17) is 5.73 Å². The Balaban J connectivity index is 0.00000220. The molecule has 0 radical (unpaired) electrons. The maximum Gasteiger partial charge on any atom is 0.223 e. The second kappa shape index (κ2) is 12.4. The van der Waals surface area contributed by atoms with Crippen molar-refractivity contribution in [3.63, 3.8) is 0 Å². The number of piperidine rings is 1. The minimum atomic E-state index is 0. The van der Waals surface area contributed by atoms with Gasteiger partial charge in [0.2, 0.25) is 5.91 Å². The number of amides is 1. The van der Waals surface area contributed by atoms with Gasteiger partial charge in [-0.1, -0.05) is 12.8 Å². The number of likely N-dealkylation sites (tertiary alicyclic amines) is 1. The van der Waals surface area contributed by atoms with Gasteiger partial charge in [-0.3, -0.25) is 4.79 Å². The summed E-state index contributed by atoms with van der Waals surface area (Å²) in [6.07, 6.45) is 10.6. The first kappa shape index (κ1) is 22.0. The van der Waals surface area contributed by atoms with Crippen LogP contribution in [0.5, 0.6) is 0 Å². The van der Waals surface area contributed by atoms with E-state index < -0.39 is 0 Å². The Morgan fingerprint density at radius 1 is 1.05 bits per heavy atom. The van der Waals surface area contributed by atoms with Gasteiger partial charge in [0, 0.05) is 18.5 Å². The summed E-state index contributed by atoms with van der Waals surface area (Å²) in [5.41, 5.74) is 5.84. The van der Waals surface area contributed by atoms with Crippen LogP contribution < -0.4 is 11.1 Å². The van der Waals surface area contributed by atoms with Crippen LogP contribution in [0.1, 0.15) is 57.8 Å². The number of hydrogen-bond donors (Lipinski definition) is 2. The van der Waals surface area contributed by atoms with Crippen molar-refractivity contribution >= 4 is 30.7 Å². The van der Waals surface area contributed by atoms with Crippen molar-refractivity contribution in [2.75, 3.05) is 26.2 Å². The molecular formula is C16H33Cl2N3O. The summed E-state index contributed by atoms with van der Waals surface area (Å²) in [6, 6.07) is 0.246. The smallest absolute Gasteiger partial charge is 0.223 e. The largest absolute Gasteiger partial charge is 0.356 e. The molecule has 1 aliphatic heterocycles. The lowest BCUT2D eigenvalue weighted by Gasteiger charge is -2.26. The van der Waals surface area contributed by atoms with E-state index in [0.29, 0.717) is 0 Å². The maximum absolute atomic E-state index is 11.9. The Bertz CT molecular complexity index is 299. The van der Waals surface area contributed by atoms with Crippen LogP contribution in [0, 0.1) is 5.92 Å². The zero-order valence-electron chi connectivity index (χ0n) is 13.6. The Kier molecular flexibility index (Phi) is 12.4. The molecule has 132 valence electrons. The highest BCUT2D eigenvalue weighted by molar-refractivity contribution is 5.85. The van der Waals surface area contributed by atoms with Crippen molar-refractivity contribution in [2.45, 2.75) is 63.8 Å². The number of nitrogens with zero attached hydrogens (tertiary/aromatic N) is 1. The number of rotatable bonds is 7. The minimum absolute atomic E-state index is 0. The molecule has 3 N–H and O–H groups in total. The van der Waals surface area contributed by atoms with Crippen LogP contribution in [0.15, 0.2) is 0 Å². The first-order valence-corrected chi connectivity index (χ1v) is 8.51. The molecule has 0 spiro atoms. The third kappa shape index (κ3) is 8.00. The standard InChI is InChI=1S/C16H31N3O.2ClH/c17-15-8-7-14(13-15)16(20)18-9-3-1-4-10-19-11-5-2-6-12-19;;/h14-15H,1-13,17H2,(H,18,20);2*1H. The molecule has 22 heavy (non-hydrogen) atoms. The molecule has 1 heterocycles. The van der Waals surface area contributed by atoms with Gasteiger partial charge in [-0.05, 0) is 64.6 Å². The average molecular weight is 354 g/mol. The van der Waals surface area contributed by atoms with Gasteiger partial charge in [0.25, 0.3) is 0 Å². The normalized spacial score (nSPS) is 25.1. The molecule has 0 aromatic rings. The summed E-state index contributed by atoms with van der Waals surface area (Å²) in [4.78, 5) is 14.5. The number of hydrogen-bond acceptors (Lipinski definition) is 3. The summed E-state index contributed by atoms with van der Waals surface area (Å²) in [5.74, 6) is 0.410. The summed E-state index contributed by atoms with van der Waals surface area (Å²) < 4.78 is 0. The van der Waals surface area contributed by atoms with Crippen LogP contribution in [0.4, 0.5) is 0 Å². The number of halogens is 2. The number of unbranched alkanes of at least 4 members (excludes halogenated alkanes) is 2. The molecule has 2 atom stereocenters. The summed E-state index contributed by atoms with van der Waals surface area (Å²) in [7, 11) is 0. The van der Waals surface area contributed by atoms with Crippen LogP contribution in [0.2, 0.25) is 0 Å². The fourth-order valence-corrected chi connectivity index (χ4v) is 3.43. The topological polar surface area (TPSA) is 58.4 Å². The highest BCUT2D eigenvalue weighted by atomic mass is 35.5. The van der Waals surface area contributed by atoms with Crippen LogP contribution in [-0.2, 0) is 4.79 Å². The number of nitrogens with two attached hydrogens (primary N) is 1. The van der Waals surface area contributed by atoms with Crippen LogP contribution in [0.3, 0.4) is 0 Å². The molecular weight excluding hydrogens is 321 g/mol. The molecule has 1 saturated heterocycles. The lowest BCUT2D eigenvalue weighted by atomic mass is 10.1. The van der Waals surface area contributed by atoms with E-state index in [-0.39, 0.29) is 42.7 Å². The second-order valence-corrected chi connectivity index (χ2v) is 6.52. The molecule has 2 unspecified atom stereocenters. The van der Waals surface area contributed by atoms with Crippen molar-refractivity contribution in [2.24, 2.45) is 11.7 Å². The van der Waals surface area contributed by atoms with Crippen LogP contribution in [-0.4, -0.2) is 43.0 Å². The fourth-order valence-electron chi connectivity index (χ4n) is 3.43. The lowest BCUT2D eigenvalue weighted by Crippen LogP contribution is -2.32. The van der Waals surface area contributed by atoms with Crippen molar-refractivity contribution < 1.29 is 4.79 Å². The van der Waals surface area contributed by atoms with E-state index >= 15 is 0 Å². The van der Waals surface area contributed by atoms with Gasteiger partial charge in [0.05, 0.1) is 0 Å². The minimum Gasteiger partial charge on any atom is -0.356 e. The van der Waals surface area contributed by atoms with Crippen molar-refractivity contribution in [1.82, 2.24) is 10.2 Å². The van der Waals surface area contributed by atoms with Crippen molar-refractivity contribution in [1.29, 1.82) is 0 Å². The Labute approximate surface area is 147 Å². The molecule has 2 rings (SSSR count). The SMILES string of the molecule is Cl.Cl.NC1CCC(C(=O)NCCCCCN2CCCCC2)C1. The second-order valence-electron chi connectivity index (χ2n) is 6.52. The molecule has 0 bridgehead atoms. The van der Waals surface area contributed by atoms with E-state index in [9.17, 15) is 4.79 Å². The van der Waals surface area contributed by atoms with E-state index in [1.54, 1.807) is 0 Å². The number of nitrogens with one attached hydrogen (secondary N) is 1. The predicted octanol–water partition coefficient (Wildman–Crippen LogP) is 2.73. The Morgan fingerprint density at radius 2 is 1.77 bits per heavy atom. The molecule has 0 aromatic carbocycles. The van der Waals surface area contributed by atoms with E-state index in [1.165, 1.54) is 51.7 Å². The molecule has 1 aliphatic carbocycles. The fraction of sp³-hybridized carbons (Fsp3) is 0.938. The molecule has 1 amide bonds. The van der Waals surface area contributed by atoms with E-state index in [2.05, 4.69) is 10.2 Å². The zero-order valence-corrected chi connectivity index (χ0v) is 15.2. The van der Waals surface area contributed by atoms with Gasteiger partial charge in [0.1, 0.15) is 0 Å². The van der Waals surface area contributed by atoms with Gasteiger partial charge in [-0.15, -0.1) is 24.8 Å². The molecule has 6 heteroatoms. The first-order valence-electron chi connectivity index (χ1n) is 8.51. The van der Waals surface area contributed by atoms with Gasteiger partial charge in [-0.25, -0.2) is 0 Å². The lowest BCUT2D eigenvalue weighted by molar-refractivity contribution is -0.124. The maximum atomic E-state index is 11.9. The molecule has 2 fully saturated rings. The van der Waals surface area contributed by atoms with Crippen molar-refractivity contribution in [3.05, 3.63) is 0 Å². The van der Waals surface area contributed by atoms with Crippen molar-refractivity contribution in [3.8, 4) is 0 Å². The monoisotopic (exact) mass is 353 g/mol. The van der Waals surface area contributed by atoms with E-state index in [0.717, 1.165) is 32.2 Å². The van der Waals surface area contributed by atoms with Crippen LogP contribution in [0.25, 0.3) is 0 Å². The quantitative estimate of drug-likeness (QED) is 0.691. The summed E-state index contributed by atoms with van der Waals surface area (Å²) in [5, 5.41) is 3.08. The van der Waals surface area contributed by atoms with Gasteiger partial charge in [-0.2, -0.15) is 0 Å². The predicted molar refractivity (Wildman–Crippen MR) is 97.0 cm³/mol. The van der Waals surface area contributed by atoms with Gasteiger partial charge >= 0.3 is 0 Å². The average Bonchev–Trinajstić information content (AvgIpc) is 2.90. The van der Waals surface area contributed by atoms with E-state index in [1.807, 2.05) is 0 Å². The third-order valence-corrected chi connectivity index (χ3v) is 4.74. The molecule has 2 aliphatic rings. The first-order chi connectivity index (χ1) is 9.75. The number of carbonyl (C=O) groups excluding carboxylic acids is 1. The molecule has 4 nitrogen and oxygen atoms in total. The zero-order chi connectivity index (χ0) is 14.2. The highest BCUT2D eigenvalue weighted by Gasteiger charge is 2.27. The number of carbonyl (C=O) groups is 1. The molecule has 1 saturated carbocycles. The molecule has 0 aromatic heterocycles. The highest BCUT2D eigenvalue weighted by Crippen LogP contribution is 2.23. The Morgan fingerprint density at radius 3 is 2.41 bits per heavy atom. The van der Waals surface area contributed by atoms with Gasteiger partial charge in [0.15, 0.2) is 0 Å². The van der Waals surface area contributed by atoms with Gasteiger partial charge < -0.3 is 16.0 Å². The third-order valence-electron chi connectivity index (χ3n) is 4.74. The summed E-state index contributed by atoms with van der Waals surface area (Å²) >= 11 is 0. The van der Waals surface area contributed by atoms with Crippen LogP contribution >= 0.6 is 24.8 Å².